The molecule has 16 heavy (non-hydrogen) atoms. The van der Waals surface area contributed by atoms with Gasteiger partial charge in [-0.3, -0.25) is 0 Å². The molecule has 0 spiro atoms. The van der Waals surface area contributed by atoms with E-state index in [2.05, 4.69) is 5.32 Å². The molecule has 2 unspecified atom stereocenters. The number of aliphatic hydroxyl groups excluding tert-OH is 1. The van der Waals surface area contributed by atoms with E-state index in [0.717, 1.165) is 19.3 Å². The Morgan fingerprint density at radius 2 is 2.00 bits per heavy atom. The predicted molar refractivity (Wildman–Crippen MR) is 57.0 cm³/mol. The summed E-state index contributed by atoms with van der Waals surface area (Å²) in [5, 5.41) is 20.3. The van der Waals surface area contributed by atoms with Gasteiger partial charge in [-0.15, -0.1) is 0 Å². The normalized spacial score (nSPS) is 19.4. The molecule has 1 aliphatic carbocycles. The van der Waals surface area contributed by atoms with Crippen LogP contribution in [0.25, 0.3) is 0 Å². The largest absolute Gasteiger partial charge is 0.480 e. The van der Waals surface area contributed by atoms with Crippen molar-refractivity contribution in [3.8, 4) is 0 Å². The summed E-state index contributed by atoms with van der Waals surface area (Å²) in [5.41, 5.74) is 0. The van der Waals surface area contributed by atoms with Crippen LogP contribution < -0.4 is 5.32 Å². The van der Waals surface area contributed by atoms with Crippen molar-refractivity contribution in [1.82, 2.24) is 10.2 Å². The smallest absolute Gasteiger partial charge is 0.328 e. The number of hydrogen-bond donors (Lipinski definition) is 3. The maximum absolute atomic E-state index is 11.6. The number of nitrogens with one attached hydrogen (secondary N) is 1. The number of carboxylic acids is 1. The topological polar surface area (TPSA) is 89.9 Å². The number of aliphatic hydroxyl groups is 1. The second kappa shape index (κ2) is 5.16. The molecule has 1 aliphatic rings. The van der Waals surface area contributed by atoms with Crippen molar-refractivity contribution in [2.45, 2.75) is 44.4 Å². The van der Waals surface area contributed by atoms with Crippen LogP contribution >= 0.6 is 0 Å². The van der Waals surface area contributed by atoms with Crippen LogP contribution in [0.1, 0.15) is 26.2 Å². The Morgan fingerprint density at radius 1 is 1.44 bits per heavy atom. The number of urea groups is 1. The molecule has 0 saturated heterocycles. The molecule has 0 bridgehead atoms. The van der Waals surface area contributed by atoms with Crippen molar-refractivity contribution in [3.05, 3.63) is 0 Å². The molecular weight excluding hydrogens is 212 g/mol. The fraction of sp³-hybridized carbons (Fsp3) is 0.800. The Hall–Kier alpha value is -1.30. The van der Waals surface area contributed by atoms with Crippen molar-refractivity contribution < 1.29 is 19.8 Å². The fourth-order valence-electron chi connectivity index (χ4n) is 1.56. The van der Waals surface area contributed by atoms with E-state index in [1.807, 2.05) is 0 Å². The van der Waals surface area contributed by atoms with E-state index < -0.39 is 24.1 Å². The molecule has 0 aromatic carbocycles. The van der Waals surface area contributed by atoms with Gasteiger partial charge in [-0.25, -0.2) is 9.59 Å². The van der Waals surface area contributed by atoms with Gasteiger partial charge in [-0.2, -0.15) is 0 Å². The Morgan fingerprint density at radius 3 is 2.31 bits per heavy atom. The zero-order valence-corrected chi connectivity index (χ0v) is 9.51. The van der Waals surface area contributed by atoms with Gasteiger partial charge in [0.05, 0.1) is 6.10 Å². The summed E-state index contributed by atoms with van der Waals surface area (Å²) in [6.45, 7) is 1.34. The number of aliphatic carboxylic acids is 1. The van der Waals surface area contributed by atoms with Crippen LogP contribution in [-0.2, 0) is 4.79 Å². The average molecular weight is 230 g/mol. The number of carbonyl (C=O) groups excluding carboxylic acids is 1. The van der Waals surface area contributed by atoms with Crippen molar-refractivity contribution in [2.75, 3.05) is 7.05 Å². The van der Waals surface area contributed by atoms with Crippen LogP contribution in [0.2, 0.25) is 0 Å². The Kier molecular flexibility index (Phi) is 4.12. The molecule has 0 aromatic rings. The number of carboxylic acid groups (broad SMARTS) is 1. The maximum atomic E-state index is 11.6. The average Bonchev–Trinajstić information content (AvgIpc) is 2.09. The Bertz CT molecular complexity index is 276. The van der Waals surface area contributed by atoms with E-state index in [4.69, 9.17) is 5.11 Å². The number of amides is 2. The minimum Gasteiger partial charge on any atom is -0.480 e. The molecule has 0 heterocycles. The molecule has 2 amide bonds. The highest BCUT2D eigenvalue weighted by Gasteiger charge is 2.30. The number of rotatable bonds is 4. The summed E-state index contributed by atoms with van der Waals surface area (Å²) in [6, 6.07) is -1.50. The molecule has 6 heteroatoms. The zero-order valence-electron chi connectivity index (χ0n) is 9.51. The van der Waals surface area contributed by atoms with E-state index in [-0.39, 0.29) is 6.04 Å². The lowest BCUT2D eigenvalue weighted by atomic mass is 9.92. The van der Waals surface area contributed by atoms with E-state index in [0.29, 0.717) is 0 Å². The lowest BCUT2D eigenvalue weighted by Crippen LogP contribution is -2.54. The van der Waals surface area contributed by atoms with Gasteiger partial charge in [0.2, 0.25) is 0 Å². The molecule has 0 aliphatic heterocycles. The highest BCUT2D eigenvalue weighted by molar-refractivity contribution is 5.83. The first-order chi connectivity index (χ1) is 7.43. The predicted octanol–water partition coefficient (Wildman–Crippen LogP) is 0.0143. The summed E-state index contributed by atoms with van der Waals surface area (Å²) < 4.78 is 0. The van der Waals surface area contributed by atoms with Crippen molar-refractivity contribution >= 4 is 12.0 Å². The number of hydrogen-bond acceptors (Lipinski definition) is 3. The molecule has 6 nitrogen and oxygen atoms in total. The molecule has 1 fully saturated rings. The van der Waals surface area contributed by atoms with Crippen molar-refractivity contribution in [1.29, 1.82) is 0 Å². The molecule has 0 radical (unpaired) electrons. The summed E-state index contributed by atoms with van der Waals surface area (Å²) in [7, 11) is 1.64. The van der Waals surface area contributed by atoms with E-state index in [1.165, 1.54) is 11.8 Å². The van der Waals surface area contributed by atoms with Gasteiger partial charge < -0.3 is 20.4 Å². The van der Waals surface area contributed by atoms with Gasteiger partial charge in [0.1, 0.15) is 0 Å². The van der Waals surface area contributed by atoms with Crippen molar-refractivity contribution in [2.24, 2.45) is 0 Å². The summed E-state index contributed by atoms with van der Waals surface area (Å²) in [4.78, 5) is 23.9. The zero-order chi connectivity index (χ0) is 12.3. The minimum atomic E-state index is -1.25. The summed E-state index contributed by atoms with van der Waals surface area (Å²) >= 11 is 0. The molecule has 1 rings (SSSR count). The lowest BCUT2D eigenvalue weighted by Gasteiger charge is -2.35. The third-order valence-corrected chi connectivity index (χ3v) is 2.97. The quantitative estimate of drug-likeness (QED) is 0.635. The summed E-state index contributed by atoms with van der Waals surface area (Å²) in [6.07, 6.45) is 1.89. The minimum absolute atomic E-state index is 0.198. The van der Waals surface area contributed by atoms with E-state index in [9.17, 15) is 14.7 Å². The first-order valence-corrected chi connectivity index (χ1v) is 5.37. The lowest BCUT2D eigenvalue weighted by molar-refractivity contribution is -0.141. The van der Waals surface area contributed by atoms with Crippen LogP contribution in [0, 0.1) is 0 Å². The van der Waals surface area contributed by atoms with E-state index in [1.54, 1.807) is 7.05 Å². The van der Waals surface area contributed by atoms with Crippen LogP contribution in [0.5, 0.6) is 0 Å². The van der Waals surface area contributed by atoms with Gasteiger partial charge in [0, 0.05) is 13.1 Å². The molecule has 2 atom stereocenters. The highest BCUT2D eigenvalue weighted by Crippen LogP contribution is 2.23. The third-order valence-electron chi connectivity index (χ3n) is 2.97. The molecule has 3 N–H and O–H groups in total. The molecular formula is C10H18N2O4. The summed E-state index contributed by atoms with van der Waals surface area (Å²) in [5.74, 6) is -1.23. The SMILES string of the molecule is CC(O)C(NC(=O)N(C)C1CCC1)C(=O)O. The second-order valence-electron chi connectivity index (χ2n) is 4.20. The Balaban J connectivity index is 2.50. The Labute approximate surface area is 94.2 Å². The number of carbonyl (C=O) groups is 2. The van der Waals surface area contributed by atoms with Crippen LogP contribution in [0.3, 0.4) is 0 Å². The van der Waals surface area contributed by atoms with E-state index >= 15 is 0 Å². The first kappa shape index (κ1) is 12.8. The first-order valence-electron chi connectivity index (χ1n) is 5.37. The molecule has 0 aromatic heterocycles. The van der Waals surface area contributed by atoms with Gasteiger partial charge >= 0.3 is 12.0 Å². The fourth-order valence-corrected chi connectivity index (χ4v) is 1.56. The monoisotopic (exact) mass is 230 g/mol. The van der Waals surface area contributed by atoms with Gasteiger partial charge in [-0.05, 0) is 26.2 Å². The van der Waals surface area contributed by atoms with Crippen LogP contribution in [0.15, 0.2) is 0 Å². The second-order valence-corrected chi connectivity index (χ2v) is 4.20. The van der Waals surface area contributed by atoms with Gasteiger partial charge in [0.25, 0.3) is 0 Å². The van der Waals surface area contributed by atoms with Crippen LogP contribution in [-0.4, -0.2) is 52.3 Å². The number of nitrogens with zero attached hydrogens (tertiary/aromatic N) is 1. The van der Waals surface area contributed by atoms with Crippen molar-refractivity contribution in [3.63, 3.8) is 0 Å². The highest BCUT2D eigenvalue weighted by atomic mass is 16.4. The molecule has 92 valence electrons. The standard InChI is InChI=1S/C10H18N2O4/c1-6(13)8(9(14)15)11-10(16)12(2)7-4-3-5-7/h6-8,13H,3-5H2,1-2H3,(H,11,16)(H,14,15). The van der Waals surface area contributed by atoms with Gasteiger partial charge in [0.15, 0.2) is 6.04 Å². The third kappa shape index (κ3) is 2.85. The van der Waals surface area contributed by atoms with Gasteiger partial charge in [-0.1, -0.05) is 0 Å². The molecule has 1 saturated carbocycles. The maximum Gasteiger partial charge on any atom is 0.328 e. The van der Waals surface area contributed by atoms with Crippen LogP contribution in [0.4, 0.5) is 4.79 Å².